The van der Waals surface area contributed by atoms with Crippen LogP contribution < -0.4 is 11.1 Å². The van der Waals surface area contributed by atoms with Crippen LogP contribution in [0.2, 0.25) is 0 Å². The molecule has 84 valence electrons. The van der Waals surface area contributed by atoms with E-state index in [2.05, 4.69) is 5.32 Å². The molecule has 2 unspecified atom stereocenters. The van der Waals surface area contributed by atoms with E-state index < -0.39 is 0 Å². The molecule has 0 fully saturated rings. The molecule has 0 heterocycles. The fraction of sp³-hybridized carbons (Fsp3) is 0.900. The maximum Gasteiger partial charge on any atom is 0.221 e. The molecule has 0 saturated heterocycles. The molecule has 0 aromatic carbocycles. The van der Waals surface area contributed by atoms with Crippen LogP contribution in [0.15, 0.2) is 0 Å². The van der Waals surface area contributed by atoms with Crippen molar-refractivity contribution in [2.45, 2.75) is 33.2 Å². The fourth-order valence-corrected chi connectivity index (χ4v) is 0.875. The van der Waals surface area contributed by atoms with Crippen molar-refractivity contribution < 1.29 is 9.90 Å². The Morgan fingerprint density at radius 1 is 1.43 bits per heavy atom. The normalized spacial score (nSPS) is 15.3. The summed E-state index contributed by atoms with van der Waals surface area (Å²) in [5.74, 6) is 0.386. The van der Waals surface area contributed by atoms with Gasteiger partial charge < -0.3 is 16.2 Å². The van der Waals surface area contributed by atoms with E-state index in [-0.39, 0.29) is 24.5 Å². The Bertz CT molecular complexity index is 172. The van der Waals surface area contributed by atoms with Crippen LogP contribution in [0.1, 0.15) is 27.2 Å². The minimum absolute atomic E-state index is 0.0356. The first-order valence-electron chi connectivity index (χ1n) is 5.10. The van der Waals surface area contributed by atoms with Crippen LogP contribution in [-0.2, 0) is 4.79 Å². The molecular weight excluding hydrogens is 180 g/mol. The first-order valence-corrected chi connectivity index (χ1v) is 5.10. The molecule has 0 rings (SSSR count). The van der Waals surface area contributed by atoms with Crippen LogP contribution in [0, 0.1) is 11.8 Å². The van der Waals surface area contributed by atoms with Crippen molar-refractivity contribution in [3.05, 3.63) is 0 Å². The Kier molecular flexibility index (Phi) is 6.49. The lowest BCUT2D eigenvalue weighted by Gasteiger charge is -2.16. The number of aliphatic hydroxyl groups excluding tert-OH is 1. The third-order valence-corrected chi connectivity index (χ3v) is 2.24. The molecule has 1 amide bonds. The zero-order chi connectivity index (χ0) is 11.1. The Labute approximate surface area is 85.9 Å². The summed E-state index contributed by atoms with van der Waals surface area (Å²) in [5.41, 5.74) is 5.75. The Morgan fingerprint density at radius 2 is 2.00 bits per heavy atom. The number of nitrogens with one attached hydrogen (secondary N) is 1. The lowest BCUT2D eigenvalue weighted by atomic mass is 10.0. The molecule has 4 heteroatoms. The van der Waals surface area contributed by atoms with Gasteiger partial charge in [0.25, 0.3) is 0 Å². The van der Waals surface area contributed by atoms with E-state index in [4.69, 9.17) is 10.8 Å². The number of rotatable bonds is 6. The van der Waals surface area contributed by atoms with Gasteiger partial charge in [0.05, 0.1) is 0 Å². The van der Waals surface area contributed by atoms with Gasteiger partial charge in [-0.1, -0.05) is 20.8 Å². The Hall–Kier alpha value is -0.610. The van der Waals surface area contributed by atoms with Gasteiger partial charge in [-0.2, -0.15) is 0 Å². The van der Waals surface area contributed by atoms with Crippen LogP contribution in [0.3, 0.4) is 0 Å². The van der Waals surface area contributed by atoms with Crippen molar-refractivity contribution in [1.29, 1.82) is 0 Å². The number of nitrogens with two attached hydrogens (primary N) is 1. The fourth-order valence-electron chi connectivity index (χ4n) is 0.875. The van der Waals surface area contributed by atoms with Gasteiger partial charge in [0.2, 0.25) is 5.91 Å². The Balaban J connectivity index is 3.65. The third-order valence-electron chi connectivity index (χ3n) is 2.24. The summed E-state index contributed by atoms with van der Waals surface area (Å²) in [6.45, 7) is 6.47. The predicted molar refractivity (Wildman–Crippen MR) is 56.7 cm³/mol. The van der Waals surface area contributed by atoms with Gasteiger partial charge >= 0.3 is 0 Å². The van der Waals surface area contributed by atoms with E-state index in [0.29, 0.717) is 18.9 Å². The average molecular weight is 202 g/mol. The first-order chi connectivity index (χ1) is 6.47. The van der Waals surface area contributed by atoms with E-state index in [1.54, 1.807) is 0 Å². The molecule has 0 radical (unpaired) electrons. The highest BCUT2D eigenvalue weighted by Gasteiger charge is 2.12. The second kappa shape index (κ2) is 6.79. The molecule has 0 aliphatic heterocycles. The minimum atomic E-state index is -0.0839. The molecule has 2 atom stereocenters. The molecule has 14 heavy (non-hydrogen) atoms. The molecule has 0 aliphatic carbocycles. The van der Waals surface area contributed by atoms with Crippen molar-refractivity contribution in [3.8, 4) is 0 Å². The van der Waals surface area contributed by atoms with Gasteiger partial charge in [0.1, 0.15) is 0 Å². The van der Waals surface area contributed by atoms with Gasteiger partial charge in [-0.25, -0.2) is 0 Å². The SMILES string of the molecule is CC(CO)CNC(=O)CC(N)C(C)C. The van der Waals surface area contributed by atoms with Crippen LogP contribution in [-0.4, -0.2) is 30.2 Å². The molecule has 0 aliphatic rings. The molecule has 0 spiro atoms. The standard InChI is InChI=1S/C10H22N2O2/c1-7(2)9(11)4-10(14)12-5-8(3)6-13/h7-9,13H,4-6,11H2,1-3H3,(H,12,14). The van der Waals surface area contributed by atoms with Gasteiger partial charge in [-0.3, -0.25) is 4.79 Å². The lowest BCUT2D eigenvalue weighted by Crippen LogP contribution is -2.36. The molecule has 0 aromatic heterocycles. The van der Waals surface area contributed by atoms with Crippen LogP contribution in [0.25, 0.3) is 0 Å². The average Bonchev–Trinajstić information content (AvgIpc) is 2.13. The highest BCUT2D eigenvalue weighted by atomic mass is 16.3. The summed E-state index contributed by atoms with van der Waals surface area (Å²) in [7, 11) is 0. The molecule has 4 nitrogen and oxygen atoms in total. The van der Waals surface area contributed by atoms with Crippen molar-refractivity contribution >= 4 is 5.91 Å². The van der Waals surface area contributed by atoms with Crippen molar-refractivity contribution in [3.63, 3.8) is 0 Å². The first kappa shape index (κ1) is 13.4. The summed E-state index contributed by atoms with van der Waals surface area (Å²) < 4.78 is 0. The largest absolute Gasteiger partial charge is 0.396 e. The number of aliphatic hydroxyl groups is 1. The summed E-state index contributed by atoms with van der Waals surface area (Å²) >= 11 is 0. The maximum atomic E-state index is 11.3. The molecule has 0 saturated carbocycles. The Morgan fingerprint density at radius 3 is 2.43 bits per heavy atom. The molecular formula is C10H22N2O2. The smallest absolute Gasteiger partial charge is 0.221 e. The monoisotopic (exact) mass is 202 g/mol. The number of hydrogen-bond acceptors (Lipinski definition) is 3. The second-order valence-electron chi connectivity index (χ2n) is 4.20. The lowest BCUT2D eigenvalue weighted by molar-refractivity contribution is -0.121. The predicted octanol–water partition coefficient (Wildman–Crippen LogP) is 0.104. The van der Waals surface area contributed by atoms with Gasteiger partial charge in [-0.15, -0.1) is 0 Å². The van der Waals surface area contributed by atoms with E-state index >= 15 is 0 Å². The summed E-state index contributed by atoms with van der Waals surface area (Å²) in [5, 5.41) is 11.5. The summed E-state index contributed by atoms with van der Waals surface area (Å²) in [6, 6.07) is -0.0839. The van der Waals surface area contributed by atoms with E-state index in [1.807, 2.05) is 20.8 Å². The number of carbonyl (C=O) groups is 1. The van der Waals surface area contributed by atoms with Crippen molar-refractivity contribution in [2.75, 3.05) is 13.2 Å². The quantitative estimate of drug-likeness (QED) is 0.572. The van der Waals surface area contributed by atoms with Gasteiger partial charge in [0, 0.05) is 25.6 Å². The maximum absolute atomic E-state index is 11.3. The van der Waals surface area contributed by atoms with E-state index in [1.165, 1.54) is 0 Å². The van der Waals surface area contributed by atoms with Crippen LogP contribution >= 0.6 is 0 Å². The molecule has 0 bridgehead atoms. The zero-order valence-corrected chi connectivity index (χ0v) is 9.29. The van der Waals surface area contributed by atoms with Crippen molar-refractivity contribution in [1.82, 2.24) is 5.32 Å². The summed E-state index contributed by atoms with van der Waals surface area (Å²) in [4.78, 5) is 11.3. The van der Waals surface area contributed by atoms with Crippen LogP contribution in [0.4, 0.5) is 0 Å². The summed E-state index contributed by atoms with van der Waals surface area (Å²) in [6.07, 6.45) is 0.357. The van der Waals surface area contributed by atoms with Crippen molar-refractivity contribution in [2.24, 2.45) is 17.6 Å². The number of hydrogen-bond donors (Lipinski definition) is 3. The number of carbonyl (C=O) groups excluding carboxylic acids is 1. The van der Waals surface area contributed by atoms with Crippen LogP contribution in [0.5, 0.6) is 0 Å². The van der Waals surface area contributed by atoms with E-state index in [0.717, 1.165) is 0 Å². The topological polar surface area (TPSA) is 75.3 Å². The highest BCUT2D eigenvalue weighted by molar-refractivity contribution is 5.76. The van der Waals surface area contributed by atoms with E-state index in [9.17, 15) is 4.79 Å². The zero-order valence-electron chi connectivity index (χ0n) is 9.29. The number of amides is 1. The highest BCUT2D eigenvalue weighted by Crippen LogP contribution is 2.02. The van der Waals surface area contributed by atoms with Gasteiger partial charge in [0.15, 0.2) is 0 Å². The minimum Gasteiger partial charge on any atom is -0.396 e. The van der Waals surface area contributed by atoms with Gasteiger partial charge in [-0.05, 0) is 11.8 Å². The molecule has 4 N–H and O–H groups in total. The molecule has 0 aromatic rings. The third kappa shape index (κ3) is 5.94. The second-order valence-corrected chi connectivity index (χ2v) is 4.20.